The largest absolute Gasteiger partial charge is 0.314 e. The molecule has 2 aliphatic carbocycles. The molecule has 1 N–H and O–H groups in total. The number of benzene rings is 1. The third-order valence-electron chi connectivity index (χ3n) is 5.44. The summed E-state index contributed by atoms with van der Waals surface area (Å²) in [5, 5.41) is 3.73. The molecule has 0 unspecified atom stereocenters. The first-order valence-corrected chi connectivity index (χ1v) is 9.53. The fourth-order valence-electron chi connectivity index (χ4n) is 3.82. The van der Waals surface area contributed by atoms with Crippen molar-refractivity contribution in [1.29, 1.82) is 0 Å². The van der Waals surface area contributed by atoms with Gasteiger partial charge in [0.05, 0.1) is 0 Å². The molecule has 0 saturated heterocycles. The maximum atomic E-state index is 3.73. The molecule has 2 saturated carbocycles. The molecular formula is C19H28BrN. The summed E-state index contributed by atoms with van der Waals surface area (Å²) in [6.45, 7) is 1.24. The summed E-state index contributed by atoms with van der Waals surface area (Å²) in [6, 6.07) is 9.78. The van der Waals surface area contributed by atoms with Gasteiger partial charge in [-0.25, -0.2) is 0 Å². The van der Waals surface area contributed by atoms with Crippen LogP contribution in [0, 0.1) is 5.41 Å². The lowest BCUT2D eigenvalue weighted by Crippen LogP contribution is -2.30. The quantitative estimate of drug-likeness (QED) is 0.687. The number of halogens is 1. The van der Waals surface area contributed by atoms with E-state index in [-0.39, 0.29) is 0 Å². The molecule has 0 atom stereocenters. The van der Waals surface area contributed by atoms with Gasteiger partial charge in [0, 0.05) is 10.5 Å². The Kier molecular flexibility index (Phi) is 5.39. The predicted octanol–water partition coefficient (Wildman–Crippen LogP) is 5.47. The lowest BCUT2D eigenvalue weighted by molar-refractivity contribution is 0.156. The Morgan fingerprint density at radius 1 is 1.00 bits per heavy atom. The van der Waals surface area contributed by atoms with E-state index in [0.29, 0.717) is 5.41 Å². The maximum absolute atomic E-state index is 3.73. The Morgan fingerprint density at radius 2 is 1.71 bits per heavy atom. The van der Waals surface area contributed by atoms with Crippen molar-refractivity contribution in [2.45, 2.75) is 70.3 Å². The van der Waals surface area contributed by atoms with Crippen molar-refractivity contribution in [3.63, 3.8) is 0 Å². The van der Waals surface area contributed by atoms with E-state index in [1.165, 1.54) is 80.8 Å². The predicted molar refractivity (Wildman–Crippen MR) is 93.6 cm³/mol. The standard InChI is InChI=1S/C19H28BrN/c20-17-6-4-16(5-7-17)10-13-19(11-2-1-3-12-19)14-15-21-18-8-9-18/h4-7,18,21H,1-3,8-15H2. The molecule has 0 spiro atoms. The SMILES string of the molecule is Brc1ccc(CCC2(CCNC3CC3)CCCCC2)cc1. The number of nitrogens with one attached hydrogen (secondary N) is 1. The molecule has 0 aliphatic heterocycles. The zero-order chi connectivity index (χ0) is 14.5. The molecule has 1 nitrogen and oxygen atoms in total. The highest BCUT2D eigenvalue weighted by Crippen LogP contribution is 2.43. The first-order valence-electron chi connectivity index (χ1n) is 8.74. The Balaban J connectivity index is 1.54. The van der Waals surface area contributed by atoms with Crippen LogP contribution in [0.2, 0.25) is 0 Å². The molecule has 2 heteroatoms. The van der Waals surface area contributed by atoms with Gasteiger partial charge in [-0.3, -0.25) is 0 Å². The average molecular weight is 350 g/mol. The van der Waals surface area contributed by atoms with Crippen molar-refractivity contribution in [3.05, 3.63) is 34.3 Å². The van der Waals surface area contributed by atoms with Crippen LogP contribution in [0.25, 0.3) is 0 Å². The number of hydrogen-bond donors (Lipinski definition) is 1. The van der Waals surface area contributed by atoms with E-state index in [1.807, 2.05) is 0 Å². The highest BCUT2D eigenvalue weighted by Gasteiger charge is 2.32. The van der Waals surface area contributed by atoms with Crippen LogP contribution in [0.1, 0.15) is 63.4 Å². The van der Waals surface area contributed by atoms with E-state index >= 15 is 0 Å². The topological polar surface area (TPSA) is 12.0 Å². The van der Waals surface area contributed by atoms with Gasteiger partial charge in [-0.05, 0) is 74.6 Å². The van der Waals surface area contributed by atoms with Crippen LogP contribution in [0.4, 0.5) is 0 Å². The maximum Gasteiger partial charge on any atom is 0.0175 e. The zero-order valence-electron chi connectivity index (χ0n) is 13.0. The molecule has 1 aromatic carbocycles. The molecule has 21 heavy (non-hydrogen) atoms. The van der Waals surface area contributed by atoms with E-state index in [0.717, 1.165) is 6.04 Å². The first-order chi connectivity index (χ1) is 10.3. The van der Waals surface area contributed by atoms with Gasteiger partial charge in [0.2, 0.25) is 0 Å². The van der Waals surface area contributed by atoms with Gasteiger partial charge < -0.3 is 5.32 Å². The summed E-state index contributed by atoms with van der Waals surface area (Å²) in [5.74, 6) is 0. The molecule has 2 fully saturated rings. The first kappa shape index (κ1) is 15.6. The Morgan fingerprint density at radius 3 is 2.38 bits per heavy atom. The highest BCUT2D eigenvalue weighted by atomic mass is 79.9. The van der Waals surface area contributed by atoms with Crippen molar-refractivity contribution in [2.24, 2.45) is 5.41 Å². The Bertz CT molecular complexity index is 429. The number of hydrogen-bond acceptors (Lipinski definition) is 1. The number of rotatable bonds is 7. The average Bonchev–Trinajstić information content (AvgIpc) is 3.32. The third kappa shape index (κ3) is 4.82. The van der Waals surface area contributed by atoms with Gasteiger partial charge in [-0.1, -0.05) is 47.3 Å². The molecule has 1 aromatic rings. The fraction of sp³-hybridized carbons (Fsp3) is 0.684. The smallest absolute Gasteiger partial charge is 0.0175 e. The van der Waals surface area contributed by atoms with E-state index in [4.69, 9.17) is 0 Å². The molecule has 3 rings (SSSR count). The van der Waals surface area contributed by atoms with Crippen LogP contribution in [0.15, 0.2) is 28.7 Å². The van der Waals surface area contributed by atoms with Crippen LogP contribution < -0.4 is 5.32 Å². The second kappa shape index (κ2) is 7.28. The lowest BCUT2D eigenvalue weighted by atomic mass is 9.68. The second-order valence-corrected chi connectivity index (χ2v) is 8.08. The van der Waals surface area contributed by atoms with Crippen molar-refractivity contribution in [1.82, 2.24) is 5.32 Å². The van der Waals surface area contributed by atoms with Crippen molar-refractivity contribution >= 4 is 15.9 Å². The van der Waals surface area contributed by atoms with Gasteiger partial charge in [0.25, 0.3) is 0 Å². The molecule has 0 bridgehead atoms. The van der Waals surface area contributed by atoms with Crippen molar-refractivity contribution < 1.29 is 0 Å². The van der Waals surface area contributed by atoms with Crippen LogP contribution in [-0.4, -0.2) is 12.6 Å². The van der Waals surface area contributed by atoms with E-state index < -0.39 is 0 Å². The summed E-state index contributed by atoms with van der Waals surface area (Å²) in [4.78, 5) is 0. The van der Waals surface area contributed by atoms with Crippen LogP contribution >= 0.6 is 15.9 Å². The molecule has 0 aromatic heterocycles. The van der Waals surface area contributed by atoms with E-state index in [9.17, 15) is 0 Å². The van der Waals surface area contributed by atoms with Crippen molar-refractivity contribution in [2.75, 3.05) is 6.54 Å². The zero-order valence-corrected chi connectivity index (χ0v) is 14.6. The molecular weight excluding hydrogens is 322 g/mol. The van der Waals surface area contributed by atoms with Gasteiger partial charge in [-0.2, -0.15) is 0 Å². The normalized spacial score (nSPS) is 21.4. The van der Waals surface area contributed by atoms with Gasteiger partial charge in [0.1, 0.15) is 0 Å². The third-order valence-corrected chi connectivity index (χ3v) is 5.97. The fourth-order valence-corrected chi connectivity index (χ4v) is 4.08. The van der Waals surface area contributed by atoms with Gasteiger partial charge >= 0.3 is 0 Å². The van der Waals surface area contributed by atoms with E-state index in [1.54, 1.807) is 0 Å². The minimum Gasteiger partial charge on any atom is -0.314 e. The molecule has 0 radical (unpaired) electrons. The summed E-state index contributed by atoms with van der Waals surface area (Å²) >= 11 is 3.53. The molecule has 116 valence electrons. The Labute approximate surface area is 138 Å². The van der Waals surface area contributed by atoms with E-state index in [2.05, 4.69) is 45.5 Å². The van der Waals surface area contributed by atoms with Crippen LogP contribution in [0.5, 0.6) is 0 Å². The molecule has 0 heterocycles. The highest BCUT2D eigenvalue weighted by molar-refractivity contribution is 9.10. The van der Waals surface area contributed by atoms with Crippen molar-refractivity contribution in [3.8, 4) is 0 Å². The van der Waals surface area contributed by atoms with Crippen LogP contribution in [-0.2, 0) is 6.42 Å². The summed E-state index contributed by atoms with van der Waals surface area (Å²) in [6.07, 6.45) is 14.1. The molecule has 2 aliphatic rings. The van der Waals surface area contributed by atoms with Crippen LogP contribution in [0.3, 0.4) is 0 Å². The molecule has 0 amide bonds. The minimum absolute atomic E-state index is 0.618. The number of aryl methyl sites for hydroxylation is 1. The lowest BCUT2D eigenvalue weighted by Gasteiger charge is -2.38. The van der Waals surface area contributed by atoms with Gasteiger partial charge in [0.15, 0.2) is 0 Å². The van der Waals surface area contributed by atoms with Gasteiger partial charge in [-0.15, -0.1) is 0 Å². The summed E-state index contributed by atoms with van der Waals surface area (Å²) < 4.78 is 1.19. The monoisotopic (exact) mass is 349 g/mol. The second-order valence-electron chi connectivity index (χ2n) is 7.17. The summed E-state index contributed by atoms with van der Waals surface area (Å²) in [7, 11) is 0. The Hall–Kier alpha value is -0.340. The summed E-state index contributed by atoms with van der Waals surface area (Å²) in [5.41, 5.74) is 2.12. The minimum atomic E-state index is 0.618.